The lowest BCUT2D eigenvalue weighted by Crippen LogP contribution is -2.29. The van der Waals surface area contributed by atoms with Crippen molar-refractivity contribution in [3.05, 3.63) is 0 Å². The molecule has 0 aromatic carbocycles. The SMILES string of the molecule is CCCCCC1CCC(C2CCC(COC3CCC(CC)CC3)CC2)CC1. The molecule has 3 aliphatic carbocycles. The molecular weight excluding hydrogens is 328 g/mol. The molecular formula is C26H48O. The Morgan fingerprint density at radius 1 is 0.593 bits per heavy atom. The van der Waals surface area contributed by atoms with Crippen LogP contribution in [0.15, 0.2) is 0 Å². The van der Waals surface area contributed by atoms with Gasteiger partial charge >= 0.3 is 0 Å². The molecule has 0 spiro atoms. The van der Waals surface area contributed by atoms with Crippen LogP contribution in [0.4, 0.5) is 0 Å². The summed E-state index contributed by atoms with van der Waals surface area (Å²) in [5.41, 5.74) is 0. The zero-order valence-electron chi connectivity index (χ0n) is 18.6. The quantitative estimate of drug-likeness (QED) is 0.369. The minimum atomic E-state index is 0.591. The Balaban J connectivity index is 1.26. The molecule has 3 rings (SSSR count). The Labute approximate surface area is 170 Å². The maximum absolute atomic E-state index is 6.36. The van der Waals surface area contributed by atoms with E-state index in [1.807, 2.05) is 0 Å². The Kier molecular flexibility index (Phi) is 9.50. The van der Waals surface area contributed by atoms with Gasteiger partial charge in [-0.1, -0.05) is 58.8 Å². The fourth-order valence-electron chi connectivity index (χ4n) is 6.44. The first-order chi connectivity index (χ1) is 13.3. The molecule has 1 heteroatoms. The van der Waals surface area contributed by atoms with Crippen LogP contribution in [0, 0.1) is 29.6 Å². The molecule has 0 unspecified atom stereocenters. The van der Waals surface area contributed by atoms with E-state index in [0.717, 1.165) is 36.2 Å². The van der Waals surface area contributed by atoms with Gasteiger partial charge in [0.1, 0.15) is 0 Å². The van der Waals surface area contributed by atoms with Gasteiger partial charge in [0.15, 0.2) is 0 Å². The summed E-state index contributed by atoms with van der Waals surface area (Å²) < 4.78 is 6.36. The molecule has 0 N–H and O–H groups in total. The van der Waals surface area contributed by atoms with Crippen LogP contribution in [-0.4, -0.2) is 12.7 Å². The van der Waals surface area contributed by atoms with Gasteiger partial charge in [-0.2, -0.15) is 0 Å². The number of rotatable bonds is 9. The average Bonchev–Trinajstić information content (AvgIpc) is 2.74. The summed E-state index contributed by atoms with van der Waals surface area (Å²) in [4.78, 5) is 0. The highest BCUT2D eigenvalue weighted by molar-refractivity contribution is 4.82. The zero-order chi connectivity index (χ0) is 18.9. The number of hydrogen-bond donors (Lipinski definition) is 0. The van der Waals surface area contributed by atoms with E-state index < -0.39 is 0 Å². The van der Waals surface area contributed by atoms with Crippen molar-refractivity contribution in [1.29, 1.82) is 0 Å². The monoisotopic (exact) mass is 376 g/mol. The van der Waals surface area contributed by atoms with Crippen molar-refractivity contribution in [1.82, 2.24) is 0 Å². The molecule has 0 bridgehead atoms. The van der Waals surface area contributed by atoms with Gasteiger partial charge in [-0.3, -0.25) is 0 Å². The van der Waals surface area contributed by atoms with Crippen LogP contribution in [0.2, 0.25) is 0 Å². The van der Waals surface area contributed by atoms with E-state index in [9.17, 15) is 0 Å². The van der Waals surface area contributed by atoms with E-state index in [2.05, 4.69) is 13.8 Å². The van der Waals surface area contributed by atoms with Crippen LogP contribution in [-0.2, 0) is 4.74 Å². The maximum Gasteiger partial charge on any atom is 0.0575 e. The fourth-order valence-corrected chi connectivity index (χ4v) is 6.44. The molecule has 0 amide bonds. The Hall–Kier alpha value is -0.0400. The van der Waals surface area contributed by atoms with Crippen molar-refractivity contribution in [2.75, 3.05) is 6.61 Å². The van der Waals surface area contributed by atoms with Crippen molar-refractivity contribution in [2.45, 2.75) is 129 Å². The second-order valence-corrected chi connectivity index (χ2v) is 10.4. The van der Waals surface area contributed by atoms with Gasteiger partial charge in [-0.15, -0.1) is 0 Å². The van der Waals surface area contributed by atoms with Crippen molar-refractivity contribution >= 4 is 0 Å². The van der Waals surface area contributed by atoms with Gasteiger partial charge in [-0.05, 0) is 93.8 Å². The Morgan fingerprint density at radius 2 is 1.15 bits per heavy atom. The topological polar surface area (TPSA) is 9.23 Å². The largest absolute Gasteiger partial charge is 0.378 e. The maximum atomic E-state index is 6.36. The second-order valence-electron chi connectivity index (χ2n) is 10.4. The minimum Gasteiger partial charge on any atom is -0.378 e. The van der Waals surface area contributed by atoms with Gasteiger partial charge in [0, 0.05) is 6.61 Å². The van der Waals surface area contributed by atoms with Crippen LogP contribution < -0.4 is 0 Å². The predicted molar refractivity (Wildman–Crippen MR) is 117 cm³/mol. The van der Waals surface area contributed by atoms with Crippen LogP contribution >= 0.6 is 0 Å². The number of hydrogen-bond acceptors (Lipinski definition) is 1. The van der Waals surface area contributed by atoms with Crippen molar-refractivity contribution in [2.24, 2.45) is 29.6 Å². The highest BCUT2D eigenvalue weighted by atomic mass is 16.5. The van der Waals surface area contributed by atoms with E-state index in [4.69, 9.17) is 4.74 Å². The molecule has 1 nitrogen and oxygen atoms in total. The molecule has 3 saturated carbocycles. The molecule has 3 fully saturated rings. The normalized spacial score (nSPS) is 38.0. The molecule has 0 heterocycles. The summed E-state index contributed by atoms with van der Waals surface area (Å²) >= 11 is 0. The molecule has 0 aliphatic heterocycles. The predicted octanol–water partition coefficient (Wildman–Crippen LogP) is 8.16. The van der Waals surface area contributed by atoms with E-state index >= 15 is 0 Å². The summed E-state index contributed by atoms with van der Waals surface area (Å²) in [6, 6.07) is 0. The molecule has 0 atom stereocenters. The Morgan fingerprint density at radius 3 is 1.70 bits per heavy atom. The zero-order valence-corrected chi connectivity index (χ0v) is 18.6. The molecule has 27 heavy (non-hydrogen) atoms. The van der Waals surface area contributed by atoms with E-state index in [1.54, 1.807) is 12.8 Å². The highest BCUT2D eigenvalue weighted by Crippen LogP contribution is 2.42. The summed E-state index contributed by atoms with van der Waals surface area (Å²) in [5.74, 6) is 5.05. The first kappa shape index (κ1) is 21.7. The first-order valence-electron chi connectivity index (χ1n) is 12.9. The van der Waals surface area contributed by atoms with Crippen LogP contribution in [0.3, 0.4) is 0 Å². The van der Waals surface area contributed by atoms with Crippen LogP contribution in [0.1, 0.15) is 123 Å². The van der Waals surface area contributed by atoms with Gasteiger partial charge in [0.25, 0.3) is 0 Å². The molecule has 158 valence electrons. The van der Waals surface area contributed by atoms with Crippen LogP contribution in [0.25, 0.3) is 0 Å². The van der Waals surface area contributed by atoms with Crippen molar-refractivity contribution < 1.29 is 4.74 Å². The standard InChI is InChI=1S/C26H48O/c1-3-5-6-7-22-8-14-24(15-9-22)25-16-10-23(11-17-25)20-27-26-18-12-21(4-2)13-19-26/h21-26H,3-20H2,1-2H3. The van der Waals surface area contributed by atoms with Gasteiger partial charge < -0.3 is 4.74 Å². The number of ether oxygens (including phenoxy) is 1. The third-order valence-electron chi connectivity index (χ3n) is 8.60. The summed E-state index contributed by atoms with van der Waals surface area (Å²) in [5, 5.41) is 0. The second kappa shape index (κ2) is 11.8. The molecule has 0 saturated heterocycles. The molecule has 0 aromatic rings. The fraction of sp³-hybridized carbons (Fsp3) is 1.00. The molecule has 0 radical (unpaired) electrons. The third kappa shape index (κ3) is 7.06. The van der Waals surface area contributed by atoms with Crippen molar-refractivity contribution in [3.63, 3.8) is 0 Å². The Bertz CT molecular complexity index is 368. The van der Waals surface area contributed by atoms with Gasteiger partial charge in [-0.25, -0.2) is 0 Å². The minimum absolute atomic E-state index is 0.591. The lowest BCUT2D eigenvalue weighted by molar-refractivity contribution is -0.0125. The summed E-state index contributed by atoms with van der Waals surface area (Å²) in [7, 11) is 0. The highest BCUT2D eigenvalue weighted by Gasteiger charge is 2.31. The first-order valence-corrected chi connectivity index (χ1v) is 12.9. The van der Waals surface area contributed by atoms with Gasteiger partial charge in [0.2, 0.25) is 0 Å². The average molecular weight is 377 g/mol. The summed E-state index contributed by atoms with van der Waals surface area (Å²) in [6.45, 7) is 5.75. The lowest BCUT2D eigenvalue weighted by Gasteiger charge is -2.38. The van der Waals surface area contributed by atoms with E-state index in [0.29, 0.717) is 6.10 Å². The van der Waals surface area contributed by atoms with Gasteiger partial charge in [0.05, 0.1) is 6.10 Å². The number of unbranched alkanes of at least 4 members (excludes halogenated alkanes) is 2. The van der Waals surface area contributed by atoms with Crippen LogP contribution in [0.5, 0.6) is 0 Å². The molecule has 3 aliphatic rings. The lowest BCUT2D eigenvalue weighted by atomic mass is 9.69. The van der Waals surface area contributed by atoms with E-state index in [-0.39, 0.29) is 0 Å². The van der Waals surface area contributed by atoms with E-state index in [1.165, 1.54) is 96.3 Å². The molecule has 0 aromatic heterocycles. The van der Waals surface area contributed by atoms with Crippen molar-refractivity contribution in [3.8, 4) is 0 Å². The smallest absolute Gasteiger partial charge is 0.0575 e. The summed E-state index contributed by atoms with van der Waals surface area (Å²) in [6.07, 6.45) is 25.3. The third-order valence-corrected chi connectivity index (χ3v) is 8.60.